The first-order valence-corrected chi connectivity index (χ1v) is 6.93. The van der Waals surface area contributed by atoms with Gasteiger partial charge in [0.05, 0.1) is 5.60 Å². The Morgan fingerprint density at radius 3 is 2.43 bits per heavy atom. The molecule has 0 aromatic heterocycles. The van der Waals surface area contributed by atoms with Crippen LogP contribution in [0.25, 0.3) is 0 Å². The number of amides is 1. The number of nitrogens with one attached hydrogen (secondary N) is 1. The molecular weight excluding hydrogens is 280 g/mol. The highest BCUT2D eigenvalue weighted by molar-refractivity contribution is 5.67. The first-order valence-electron chi connectivity index (χ1n) is 6.93. The van der Waals surface area contributed by atoms with E-state index in [1.165, 1.54) is 0 Å². The molecule has 6 heteroatoms. The van der Waals surface area contributed by atoms with Crippen molar-refractivity contribution in [3.63, 3.8) is 0 Å². The standard InChI is InChI=1S/C15H19F2NO3/c16-15(17)8-6-14(20,7-9-15)11-18-13(19)21-10-12-4-2-1-3-5-12/h1-5,20H,6-11H2,(H,18,19). The predicted octanol–water partition coefficient (Wildman–Crippen LogP) is 2.85. The average Bonchev–Trinajstić information content (AvgIpc) is 2.48. The number of aliphatic hydroxyl groups is 1. The molecule has 2 N–H and O–H groups in total. The van der Waals surface area contributed by atoms with Gasteiger partial charge in [0.15, 0.2) is 0 Å². The minimum Gasteiger partial charge on any atom is -0.445 e. The van der Waals surface area contributed by atoms with Gasteiger partial charge in [-0.05, 0) is 18.4 Å². The molecule has 0 heterocycles. The van der Waals surface area contributed by atoms with E-state index < -0.39 is 17.6 Å². The lowest BCUT2D eigenvalue weighted by Gasteiger charge is -2.35. The van der Waals surface area contributed by atoms with E-state index in [4.69, 9.17) is 4.74 Å². The molecule has 0 atom stereocenters. The number of alkyl carbamates (subject to hydrolysis) is 1. The minimum absolute atomic E-state index is 0.0288. The summed E-state index contributed by atoms with van der Waals surface area (Å²) in [5, 5.41) is 12.6. The Labute approximate surface area is 122 Å². The molecule has 0 saturated heterocycles. The zero-order chi connectivity index (χ0) is 15.3. The first kappa shape index (κ1) is 15.7. The smallest absolute Gasteiger partial charge is 0.407 e. The summed E-state index contributed by atoms with van der Waals surface area (Å²) in [6, 6.07) is 9.18. The molecule has 116 valence electrons. The van der Waals surface area contributed by atoms with Crippen molar-refractivity contribution in [3.8, 4) is 0 Å². The molecule has 21 heavy (non-hydrogen) atoms. The molecule has 0 bridgehead atoms. The number of alkyl halides is 2. The maximum Gasteiger partial charge on any atom is 0.407 e. The van der Waals surface area contributed by atoms with Crippen molar-refractivity contribution in [2.24, 2.45) is 0 Å². The van der Waals surface area contributed by atoms with E-state index in [-0.39, 0.29) is 38.8 Å². The molecule has 0 aliphatic heterocycles. The summed E-state index contributed by atoms with van der Waals surface area (Å²) < 4.78 is 31.1. The van der Waals surface area contributed by atoms with E-state index in [2.05, 4.69) is 5.32 Å². The van der Waals surface area contributed by atoms with Crippen molar-refractivity contribution in [1.82, 2.24) is 5.32 Å². The number of ether oxygens (including phenoxy) is 1. The quantitative estimate of drug-likeness (QED) is 0.899. The first-order chi connectivity index (χ1) is 9.89. The number of hydrogen-bond donors (Lipinski definition) is 2. The molecule has 2 rings (SSSR count). The van der Waals surface area contributed by atoms with Gasteiger partial charge in [0.2, 0.25) is 5.92 Å². The van der Waals surface area contributed by atoms with Crippen LogP contribution in [-0.4, -0.2) is 29.3 Å². The highest BCUT2D eigenvalue weighted by atomic mass is 19.3. The zero-order valence-corrected chi connectivity index (χ0v) is 11.6. The summed E-state index contributed by atoms with van der Waals surface area (Å²) in [5.41, 5.74) is -0.420. The topological polar surface area (TPSA) is 58.6 Å². The van der Waals surface area contributed by atoms with E-state index in [1.54, 1.807) is 0 Å². The fraction of sp³-hybridized carbons (Fsp3) is 0.533. The molecule has 1 aliphatic carbocycles. The number of benzene rings is 1. The van der Waals surface area contributed by atoms with Crippen LogP contribution in [0.5, 0.6) is 0 Å². The second-order valence-electron chi connectivity index (χ2n) is 5.50. The van der Waals surface area contributed by atoms with E-state index in [0.29, 0.717) is 0 Å². The lowest BCUT2D eigenvalue weighted by Crippen LogP contribution is -2.47. The molecule has 1 aromatic rings. The van der Waals surface area contributed by atoms with Gasteiger partial charge in [-0.1, -0.05) is 30.3 Å². The van der Waals surface area contributed by atoms with Gasteiger partial charge in [-0.2, -0.15) is 0 Å². The molecular formula is C15H19F2NO3. The Kier molecular flexibility index (Phi) is 4.77. The molecule has 1 aromatic carbocycles. The maximum absolute atomic E-state index is 13.0. The molecule has 1 aliphatic rings. The monoisotopic (exact) mass is 299 g/mol. The lowest BCUT2D eigenvalue weighted by molar-refractivity contribution is -0.101. The Morgan fingerprint density at radius 2 is 1.81 bits per heavy atom. The van der Waals surface area contributed by atoms with Gasteiger partial charge in [-0.3, -0.25) is 0 Å². The van der Waals surface area contributed by atoms with Crippen LogP contribution < -0.4 is 5.32 Å². The van der Waals surface area contributed by atoms with Crippen molar-refractivity contribution in [3.05, 3.63) is 35.9 Å². The van der Waals surface area contributed by atoms with Gasteiger partial charge in [0.1, 0.15) is 6.61 Å². The summed E-state index contributed by atoms with van der Waals surface area (Å²) in [4.78, 5) is 11.5. The summed E-state index contributed by atoms with van der Waals surface area (Å²) in [6.07, 6.45) is -1.43. The molecule has 4 nitrogen and oxygen atoms in total. The van der Waals surface area contributed by atoms with Crippen LogP contribution in [0.4, 0.5) is 13.6 Å². The van der Waals surface area contributed by atoms with Gasteiger partial charge in [-0.25, -0.2) is 13.6 Å². The third-order valence-electron chi connectivity index (χ3n) is 3.69. The molecule has 1 amide bonds. The van der Waals surface area contributed by atoms with Crippen molar-refractivity contribution in [2.45, 2.75) is 43.8 Å². The van der Waals surface area contributed by atoms with Crippen LogP contribution in [0.2, 0.25) is 0 Å². The van der Waals surface area contributed by atoms with Gasteiger partial charge < -0.3 is 15.2 Å². The van der Waals surface area contributed by atoms with Crippen LogP contribution in [0.1, 0.15) is 31.2 Å². The summed E-state index contributed by atoms with van der Waals surface area (Å²) in [6.45, 7) is 0.0554. The third-order valence-corrected chi connectivity index (χ3v) is 3.69. The Morgan fingerprint density at radius 1 is 1.19 bits per heavy atom. The second kappa shape index (κ2) is 6.39. The fourth-order valence-corrected chi connectivity index (χ4v) is 2.27. The van der Waals surface area contributed by atoms with Crippen LogP contribution in [-0.2, 0) is 11.3 Å². The van der Waals surface area contributed by atoms with Gasteiger partial charge >= 0.3 is 6.09 Å². The minimum atomic E-state index is -2.71. The predicted molar refractivity (Wildman–Crippen MR) is 73.0 cm³/mol. The SMILES string of the molecule is O=C(NCC1(O)CCC(F)(F)CC1)OCc1ccccc1. The number of carbonyl (C=O) groups is 1. The van der Waals surface area contributed by atoms with Crippen molar-refractivity contribution < 1.29 is 23.4 Å². The van der Waals surface area contributed by atoms with E-state index in [9.17, 15) is 18.7 Å². The Hall–Kier alpha value is -1.69. The van der Waals surface area contributed by atoms with E-state index in [1.807, 2.05) is 30.3 Å². The zero-order valence-electron chi connectivity index (χ0n) is 11.6. The second-order valence-corrected chi connectivity index (χ2v) is 5.50. The Bertz CT molecular complexity index is 469. The highest BCUT2D eigenvalue weighted by Crippen LogP contribution is 2.38. The molecule has 1 fully saturated rings. The largest absolute Gasteiger partial charge is 0.445 e. The van der Waals surface area contributed by atoms with Gasteiger partial charge in [0, 0.05) is 19.4 Å². The molecule has 0 radical (unpaired) electrons. The summed E-state index contributed by atoms with van der Waals surface area (Å²) in [5.74, 6) is -2.71. The number of hydrogen-bond acceptors (Lipinski definition) is 3. The number of halogens is 2. The maximum atomic E-state index is 13.0. The van der Waals surface area contributed by atoms with E-state index >= 15 is 0 Å². The Balaban J connectivity index is 1.71. The highest BCUT2D eigenvalue weighted by Gasteiger charge is 2.42. The summed E-state index contributed by atoms with van der Waals surface area (Å²) >= 11 is 0. The fourth-order valence-electron chi connectivity index (χ4n) is 2.27. The molecule has 0 unspecified atom stereocenters. The third kappa shape index (κ3) is 4.97. The number of carbonyl (C=O) groups excluding carboxylic acids is 1. The van der Waals surface area contributed by atoms with Crippen LogP contribution in [0, 0.1) is 0 Å². The normalized spacial score (nSPS) is 19.8. The average molecular weight is 299 g/mol. The summed E-state index contributed by atoms with van der Waals surface area (Å²) in [7, 11) is 0. The molecule has 0 spiro atoms. The van der Waals surface area contributed by atoms with Crippen LogP contribution >= 0.6 is 0 Å². The van der Waals surface area contributed by atoms with Crippen molar-refractivity contribution in [2.75, 3.05) is 6.54 Å². The van der Waals surface area contributed by atoms with E-state index in [0.717, 1.165) is 5.56 Å². The lowest BCUT2D eigenvalue weighted by atomic mass is 9.83. The van der Waals surface area contributed by atoms with Crippen molar-refractivity contribution >= 4 is 6.09 Å². The van der Waals surface area contributed by atoms with Crippen molar-refractivity contribution in [1.29, 1.82) is 0 Å². The van der Waals surface area contributed by atoms with Gasteiger partial charge in [0.25, 0.3) is 0 Å². The molecule has 1 saturated carbocycles. The van der Waals surface area contributed by atoms with Crippen LogP contribution in [0.15, 0.2) is 30.3 Å². The van der Waals surface area contributed by atoms with Crippen LogP contribution in [0.3, 0.4) is 0 Å². The van der Waals surface area contributed by atoms with Gasteiger partial charge in [-0.15, -0.1) is 0 Å². The number of rotatable bonds is 4.